The summed E-state index contributed by atoms with van der Waals surface area (Å²) in [5, 5.41) is 23.4. The first kappa shape index (κ1) is 14.3. The van der Waals surface area contributed by atoms with Crippen LogP contribution < -0.4 is 5.32 Å². The maximum atomic E-state index is 11.0. The molecular weight excluding hydrogens is 324 g/mol. The van der Waals surface area contributed by atoms with Gasteiger partial charge >= 0.3 is 0 Å². The quantitative estimate of drug-likeness (QED) is 0.497. The first-order valence-electron chi connectivity index (χ1n) is 5.97. The van der Waals surface area contributed by atoms with E-state index in [1.54, 1.807) is 0 Å². The maximum Gasteiger partial charge on any atom is 0.296 e. The largest absolute Gasteiger partial charge is 0.508 e. The monoisotopic (exact) mass is 336 g/mol. The Hall–Kier alpha value is -2.08. The molecule has 0 aliphatic carbocycles. The summed E-state index contributed by atoms with van der Waals surface area (Å²) in [6.07, 6.45) is 0. The van der Waals surface area contributed by atoms with Crippen LogP contribution >= 0.6 is 15.9 Å². The van der Waals surface area contributed by atoms with Gasteiger partial charge in [-0.25, -0.2) is 0 Å². The van der Waals surface area contributed by atoms with Crippen LogP contribution in [0.15, 0.2) is 46.9 Å². The van der Waals surface area contributed by atoms with Crippen LogP contribution in [0.3, 0.4) is 0 Å². The molecule has 0 aliphatic heterocycles. The number of nitrogens with one attached hydrogen (secondary N) is 1. The number of rotatable bonds is 4. The maximum absolute atomic E-state index is 11.0. The van der Waals surface area contributed by atoms with Crippen molar-refractivity contribution in [3.05, 3.63) is 62.6 Å². The first-order chi connectivity index (χ1) is 9.47. The summed E-state index contributed by atoms with van der Waals surface area (Å²) in [4.78, 5) is 10.5. The van der Waals surface area contributed by atoms with E-state index in [0.717, 1.165) is 16.1 Å². The van der Waals surface area contributed by atoms with E-state index in [9.17, 15) is 15.2 Å². The second-order valence-corrected chi connectivity index (χ2v) is 5.29. The van der Waals surface area contributed by atoms with Gasteiger partial charge in [-0.2, -0.15) is 0 Å². The highest BCUT2D eigenvalue weighted by molar-refractivity contribution is 9.10. The molecule has 0 fully saturated rings. The van der Waals surface area contributed by atoms with E-state index in [0.29, 0.717) is 5.69 Å². The summed E-state index contributed by atoms with van der Waals surface area (Å²) in [5.41, 5.74) is 1.24. The molecule has 2 aromatic rings. The minimum absolute atomic E-state index is 0.0913. The summed E-state index contributed by atoms with van der Waals surface area (Å²) in [5.74, 6) is -0.126. The molecule has 0 bridgehead atoms. The first-order valence-corrected chi connectivity index (χ1v) is 6.76. The van der Waals surface area contributed by atoms with Crippen molar-refractivity contribution in [1.82, 2.24) is 0 Å². The van der Waals surface area contributed by atoms with Gasteiger partial charge in [-0.05, 0) is 36.8 Å². The lowest BCUT2D eigenvalue weighted by Crippen LogP contribution is -2.08. The molecular formula is C14H13BrN2O3. The van der Waals surface area contributed by atoms with Crippen LogP contribution in [0.25, 0.3) is 0 Å². The third-order valence-electron chi connectivity index (χ3n) is 2.92. The highest BCUT2D eigenvalue weighted by Crippen LogP contribution is 2.31. The van der Waals surface area contributed by atoms with Crippen LogP contribution in [0.2, 0.25) is 0 Å². The second kappa shape index (κ2) is 5.92. The number of phenolic OH excluding ortho intramolecular Hbond substituents is 1. The van der Waals surface area contributed by atoms with Crippen molar-refractivity contribution in [2.24, 2.45) is 0 Å². The van der Waals surface area contributed by atoms with Gasteiger partial charge in [-0.15, -0.1) is 0 Å². The summed E-state index contributed by atoms with van der Waals surface area (Å²) < 4.78 is 0.976. The smallest absolute Gasteiger partial charge is 0.296 e. The average Bonchev–Trinajstić information content (AvgIpc) is 2.41. The Morgan fingerprint density at radius 1 is 1.25 bits per heavy atom. The second-order valence-electron chi connectivity index (χ2n) is 4.38. The number of nitrogens with zero attached hydrogens (tertiary/aromatic N) is 1. The van der Waals surface area contributed by atoms with E-state index in [2.05, 4.69) is 21.2 Å². The topological polar surface area (TPSA) is 75.4 Å². The molecule has 0 saturated carbocycles. The number of anilines is 1. The fourth-order valence-electron chi connectivity index (χ4n) is 1.86. The van der Waals surface area contributed by atoms with Crippen LogP contribution in [0.1, 0.15) is 18.5 Å². The lowest BCUT2D eigenvalue weighted by atomic mass is 10.1. The number of hydrogen-bond acceptors (Lipinski definition) is 4. The van der Waals surface area contributed by atoms with Crippen molar-refractivity contribution in [2.45, 2.75) is 13.0 Å². The molecule has 0 aliphatic rings. The zero-order valence-electron chi connectivity index (χ0n) is 10.7. The SMILES string of the molecule is CC(Nc1ccc(O)cc1[N+](=O)[O-])c1ccc(Br)cc1. The van der Waals surface area contributed by atoms with Gasteiger partial charge in [0.1, 0.15) is 11.4 Å². The molecule has 6 heteroatoms. The molecule has 0 amide bonds. The molecule has 1 unspecified atom stereocenters. The third kappa shape index (κ3) is 3.27. The van der Waals surface area contributed by atoms with Crippen LogP contribution in [-0.4, -0.2) is 10.0 Å². The number of phenols is 1. The van der Waals surface area contributed by atoms with Crippen molar-refractivity contribution in [1.29, 1.82) is 0 Å². The van der Waals surface area contributed by atoms with Crippen molar-refractivity contribution in [3.63, 3.8) is 0 Å². The summed E-state index contributed by atoms with van der Waals surface area (Å²) >= 11 is 3.36. The molecule has 0 heterocycles. The Morgan fingerprint density at radius 3 is 2.50 bits per heavy atom. The molecule has 0 spiro atoms. The van der Waals surface area contributed by atoms with Gasteiger partial charge in [0.15, 0.2) is 0 Å². The summed E-state index contributed by atoms with van der Waals surface area (Å²) in [7, 11) is 0. The number of aromatic hydroxyl groups is 1. The normalized spacial score (nSPS) is 11.9. The average molecular weight is 337 g/mol. The van der Waals surface area contributed by atoms with E-state index in [1.165, 1.54) is 12.1 Å². The molecule has 5 nitrogen and oxygen atoms in total. The van der Waals surface area contributed by atoms with Gasteiger partial charge in [0.05, 0.1) is 11.0 Å². The molecule has 0 saturated heterocycles. The lowest BCUT2D eigenvalue weighted by molar-refractivity contribution is -0.384. The van der Waals surface area contributed by atoms with Gasteiger partial charge in [0.25, 0.3) is 5.69 Å². The third-order valence-corrected chi connectivity index (χ3v) is 3.45. The lowest BCUT2D eigenvalue weighted by Gasteiger charge is -2.16. The molecule has 2 N–H and O–H groups in total. The van der Waals surface area contributed by atoms with Gasteiger partial charge in [-0.1, -0.05) is 28.1 Å². The Kier molecular flexibility index (Phi) is 4.24. The van der Waals surface area contributed by atoms with E-state index in [-0.39, 0.29) is 17.5 Å². The zero-order valence-corrected chi connectivity index (χ0v) is 12.3. The molecule has 104 valence electrons. The van der Waals surface area contributed by atoms with Gasteiger partial charge in [0.2, 0.25) is 0 Å². The fourth-order valence-corrected chi connectivity index (χ4v) is 2.13. The molecule has 2 rings (SSSR count). The van der Waals surface area contributed by atoms with Crippen LogP contribution in [0, 0.1) is 10.1 Å². The van der Waals surface area contributed by atoms with Gasteiger partial charge < -0.3 is 10.4 Å². The summed E-state index contributed by atoms with van der Waals surface area (Å²) in [6.45, 7) is 1.92. The van der Waals surface area contributed by atoms with E-state index < -0.39 is 4.92 Å². The molecule has 20 heavy (non-hydrogen) atoms. The van der Waals surface area contributed by atoms with Gasteiger partial charge in [-0.3, -0.25) is 10.1 Å². The molecule has 0 aromatic heterocycles. The number of nitro benzene ring substituents is 1. The van der Waals surface area contributed by atoms with Crippen molar-refractivity contribution in [2.75, 3.05) is 5.32 Å². The Labute approximate surface area is 124 Å². The fraction of sp³-hybridized carbons (Fsp3) is 0.143. The van der Waals surface area contributed by atoms with E-state index in [1.807, 2.05) is 31.2 Å². The molecule has 0 radical (unpaired) electrons. The Balaban J connectivity index is 2.25. The van der Waals surface area contributed by atoms with Crippen molar-refractivity contribution < 1.29 is 10.0 Å². The summed E-state index contributed by atoms with van der Waals surface area (Å²) in [6, 6.07) is 11.7. The predicted octanol–water partition coefficient (Wildman–Crippen LogP) is 4.24. The minimum Gasteiger partial charge on any atom is -0.508 e. The van der Waals surface area contributed by atoms with E-state index in [4.69, 9.17) is 0 Å². The molecule has 1 atom stereocenters. The van der Waals surface area contributed by atoms with Crippen LogP contribution in [0.4, 0.5) is 11.4 Å². The van der Waals surface area contributed by atoms with Crippen molar-refractivity contribution >= 4 is 27.3 Å². The predicted molar refractivity (Wildman–Crippen MR) is 80.9 cm³/mol. The number of halogens is 1. The van der Waals surface area contributed by atoms with Crippen LogP contribution in [-0.2, 0) is 0 Å². The minimum atomic E-state index is -0.518. The Morgan fingerprint density at radius 2 is 1.90 bits per heavy atom. The highest BCUT2D eigenvalue weighted by Gasteiger charge is 2.16. The molecule has 2 aromatic carbocycles. The van der Waals surface area contributed by atoms with E-state index >= 15 is 0 Å². The zero-order chi connectivity index (χ0) is 14.7. The number of hydrogen-bond donors (Lipinski definition) is 2. The van der Waals surface area contributed by atoms with Crippen LogP contribution in [0.5, 0.6) is 5.75 Å². The number of nitro groups is 1. The van der Waals surface area contributed by atoms with Crippen molar-refractivity contribution in [3.8, 4) is 5.75 Å². The Bertz CT molecular complexity index is 629. The number of benzene rings is 2. The standard InChI is InChI=1S/C14H13BrN2O3/c1-9(10-2-4-11(15)5-3-10)16-13-7-6-12(18)8-14(13)17(19)20/h2-9,16,18H,1H3. The highest BCUT2D eigenvalue weighted by atomic mass is 79.9. The van der Waals surface area contributed by atoms with Gasteiger partial charge in [0, 0.05) is 10.5 Å².